The van der Waals surface area contributed by atoms with E-state index in [1.54, 1.807) is 0 Å². The zero-order chi connectivity index (χ0) is 15.7. The minimum atomic E-state index is -1.23. The summed E-state index contributed by atoms with van der Waals surface area (Å²) in [6.07, 6.45) is -0.657. The third-order valence-electron chi connectivity index (χ3n) is 2.42. The average Bonchev–Trinajstić information content (AvgIpc) is 2.42. The third kappa shape index (κ3) is 6.69. The van der Waals surface area contributed by atoms with Gasteiger partial charge in [-0.15, -0.1) is 0 Å². The standard InChI is InChI=1S/C11H18N2O7/c1-19-9(15)5-7(11(18)20-2)13-8(14)4-3-6(12)10(16)17/h6-7H,3-5,12H2,1-2H3,(H,13,14)(H,16,17). The first kappa shape index (κ1) is 17.8. The van der Waals surface area contributed by atoms with Gasteiger partial charge in [-0.1, -0.05) is 0 Å². The molecule has 20 heavy (non-hydrogen) atoms. The van der Waals surface area contributed by atoms with Gasteiger partial charge in [0.2, 0.25) is 5.91 Å². The van der Waals surface area contributed by atoms with Crippen LogP contribution in [0, 0.1) is 0 Å². The smallest absolute Gasteiger partial charge is 0.328 e. The van der Waals surface area contributed by atoms with Crippen LogP contribution in [0.2, 0.25) is 0 Å². The topological polar surface area (TPSA) is 145 Å². The molecule has 0 aromatic heterocycles. The number of nitrogens with two attached hydrogens (primary N) is 1. The van der Waals surface area contributed by atoms with Gasteiger partial charge >= 0.3 is 17.9 Å². The molecule has 0 saturated carbocycles. The number of rotatable bonds is 8. The number of esters is 2. The summed E-state index contributed by atoms with van der Waals surface area (Å²) in [5.74, 6) is -3.33. The molecule has 114 valence electrons. The predicted octanol–water partition coefficient (Wildman–Crippen LogP) is -1.60. The number of amides is 1. The highest BCUT2D eigenvalue weighted by Gasteiger charge is 2.25. The molecule has 0 aromatic rings. The fourth-order valence-corrected chi connectivity index (χ4v) is 1.26. The van der Waals surface area contributed by atoms with E-state index < -0.39 is 35.9 Å². The maximum Gasteiger partial charge on any atom is 0.328 e. The van der Waals surface area contributed by atoms with E-state index in [1.807, 2.05) is 0 Å². The Morgan fingerprint density at radius 2 is 1.80 bits per heavy atom. The highest BCUT2D eigenvalue weighted by atomic mass is 16.5. The van der Waals surface area contributed by atoms with E-state index in [9.17, 15) is 19.2 Å². The lowest BCUT2D eigenvalue weighted by atomic mass is 10.1. The Balaban J connectivity index is 4.42. The molecule has 0 aliphatic heterocycles. The van der Waals surface area contributed by atoms with E-state index >= 15 is 0 Å². The van der Waals surface area contributed by atoms with Crippen LogP contribution in [0.25, 0.3) is 0 Å². The quantitative estimate of drug-likeness (QED) is 0.453. The Bertz CT molecular complexity index is 383. The molecule has 0 heterocycles. The van der Waals surface area contributed by atoms with Crippen molar-refractivity contribution >= 4 is 23.8 Å². The van der Waals surface area contributed by atoms with Crippen molar-refractivity contribution in [3.63, 3.8) is 0 Å². The van der Waals surface area contributed by atoms with Crippen LogP contribution in [0.3, 0.4) is 0 Å². The number of carboxylic acids is 1. The Morgan fingerprint density at radius 3 is 2.25 bits per heavy atom. The molecule has 0 bridgehead atoms. The molecule has 2 unspecified atom stereocenters. The van der Waals surface area contributed by atoms with E-state index in [4.69, 9.17) is 10.8 Å². The Labute approximate surface area is 115 Å². The monoisotopic (exact) mass is 290 g/mol. The highest BCUT2D eigenvalue weighted by Crippen LogP contribution is 2.01. The van der Waals surface area contributed by atoms with Gasteiger partial charge in [0.1, 0.15) is 12.1 Å². The first-order valence-electron chi connectivity index (χ1n) is 5.74. The van der Waals surface area contributed by atoms with Gasteiger partial charge in [-0.3, -0.25) is 14.4 Å². The molecule has 9 heteroatoms. The summed E-state index contributed by atoms with van der Waals surface area (Å²) in [7, 11) is 2.25. The average molecular weight is 290 g/mol. The van der Waals surface area contributed by atoms with Crippen molar-refractivity contribution in [2.45, 2.75) is 31.3 Å². The minimum Gasteiger partial charge on any atom is -0.480 e. The maximum absolute atomic E-state index is 11.6. The first-order valence-corrected chi connectivity index (χ1v) is 5.74. The number of methoxy groups -OCH3 is 2. The lowest BCUT2D eigenvalue weighted by Crippen LogP contribution is -2.43. The molecule has 1 amide bonds. The van der Waals surface area contributed by atoms with Crippen LogP contribution < -0.4 is 11.1 Å². The van der Waals surface area contributed by atoms with Gasteiger partial charge in [0.15, 0.2) is 0 Å². The summed E-state index contributed by atoms with van der Waals surface area (Å²) in [6.45, 7) is 0. The number of ether oxygens (including phenoxy) is 2. The van der Waals surface area contributed by atoms with Crippen LogP contribution in [-0.2, 0) is 28.7 Å². The molecular formula is C11H18N2O7. The molecule has 0 aliphatic rings. The molecule has 2 atom stereocenters. The summed E-state index contributed by atoms with van der Waals surface area (Å²) in [4.78, 5) is 44.5. The fourth-order valence-electron chi connectivity index (χ4n) is 1.26. The molecule has 4 N–H and O–H groups in total. The van der Waals surface area contributed by atoms with E-state index in [2.05, 4.69) is 14.8 Å². The predicted molar refractivity (Wildman–Crippen MR) is 65.4 cm³/mol. The molecule has 0 spiro atoms. The molecule has 0 aromatic carbocycles. The zero-order valence-corrected chi connectivity index (χ0v) is 11.3. The number of carboxylic acid groups (broad SMARTS) is 1. The Morgan fingerprint density at radius 1 is 1.20 bits per heavy atom. The van der Waals surface area contributed by atoms with Crippen molar-refractivity contribution in [1.82, 2.24) is 5.32 Å². The largest absolute Gasteiger partial charge is 0.480 e. The van der Waals surface area contributed by atoms with Gasteiger partial charge in [0.05, 0.1) is 20.6 Å². The second-order valence-corrected chi connectivity index (χ2v) is 3.91. The second-order valence-electron chi connectivity index (χ2n) is 3.91. The van der Waals surface area contributed by atoms with Crippen LogP contribution in [0.1, 0.15) is 19.3 Å². The molecule has 0 saturated heterocycles. The third-order valence-corrected chi connectivity index (χ3v) is 2.42. The summed E-state index contributed by atoms with van der Waals surface area (Å²) in [5, 5.41) is 10.8. The van der Waals surface area contributed by atoms with Crippen molar-refractivity contribution in [3.8, 4) is 0 Å². The van der Waals surface area contributed by atoms with Crippen LogP contribution in [-0.4, -0.2) is 55.2 Å². The number of nitrogens with one attached hydrogen (secondary N) is 1. The van der Waals surface area contributed by atoms with Gasteiger partial charge in [-0.25, -0.2) is 4.79 Å². The zero-order valence-electron chi connectivity index (χ0n) is 11.3. The summed E-state index contributed by atoms with van der Waals surface area (Å²) >= 11 is 0. The Kier molecular flexibility index (Phi) is 7.90. The van der Waals surface area contributed by atoms with E-state index in [0.717, 1.165) is 14.2 Å². The minimum absolute atomic E-state index is 0.0900. The van der Waals surface area contributed by atoms with Crippen LogP contribution in [0.4, 0.5) is 0 Å². The summed E-state index contributed by atoms with van der Waals surface area (Å²) < 4.78 is 8.83. The number of carbonyl (C=O) groups excluding carboxylic acids is 3. The summed E-state index contributed by atoms with van der Waals surface area (Å²) in [6, 6.07) is -2.35. The van der Waals surface area contributed by atoms with Gasteiger partial charge < -0.3 is 25.6 Å². The van der Waals surface area contributed by atoms with Gasteiger partial charge in [0.25, 0.3) is 0 Å². The molecule has 0 aliphatic carbocycles. The van der Waals surface area contributed by atoms with Crippen LogP contribution in [0.15, 0.2) is 0 Å². The highest BCUT2D eigenvalue weighted by molar-refractivity contribution is 5.88. The lowest BCUT2D eigenvalue weighted by molar-refractivity contribution is -0.150. The maximum atomic E-state index is 11.6. The number of carbonyl (C=O) groups is 4. The van der Waals surface area contributed by atoms with Gasteiger partial charge in [-0.2, -0.15) is 0 Å². The van der Waals surface area contributed by atoms with E-state index in [-0.39, 0.29) is 19.3 Å². The van der Waals surface area contributed by atoms with Crippen molar-refractivity contribution in [3.05, 3.63) is 0 Å². The fraction of sp³-hybridized carbons (Fsp3) is 0.636. The van der Waals surface area contributed by atoms with Crippen molar-refractivity contribution in [2.24, 2.45) is 5.73 Å². The molecule has 0 radical (unpaired) electrons. The lowest BCUT2D eigenvalue weighted by Gasteiger charge is -2.15. The number of hydrogen-bond donors (Lipinski definition) is 3. The summed E-state index contributed by atoms with van der Waals surface area (Å²) in [5.41, 5.74) is 5.24. The normalized spacial score (nSPS) is 12.9. The van der Waals surface area contributed by atoms with Crippen LogP contribution in [0.5, 0.6) is 0 Å². The molecule has 0 fully saturated rings. The second kappa shape index (κ2) is 8.86. The Hall–Kier alpha value is -2.16. The van der Waals surface area contributed by atoms with E-state index in [1.165, 1.54) is 0 Å². The number of aliphatic carboxylic acids is 1. The van der Waals surface area contributed by atoms with Crippen molar-refractivity contribution in [1.29, 1.82) is 0 Å². The van der Waals surface area contributed by atoms with Crippen molar-refractivity contribution < 1.29 is 33.8 Å². The molecule has 0 rings (SSSR count). The van der Waals surface area contributed by atoms with Crippen molar-refractivity contribution in [2.75, 3.05) is 14.2 Å². The van der Waals surface area contributed by atoms with E-state index in [0.29, 0.717) is 0 Å². The van der Waals surface area contributed by atoms with Crippen LogP contribution >= 0.6 is 0 Å². The SMILES string of the molecule is COC(=O)CC(NC(=O)CCC(N)C(=O)O)C(=O)OC. The van der Waals surface area contributed by atoms with Gasteiger partial charge in [0, 0.05) is 6.42 Å². The molecular weight excluding hydrogens is 272 g/mol. The molecule has 9 nitrogen and oxygen atoms in total. The van der Waals surface area contributed by atoms with Gasteiger partial charge in [-0.05, 0) is 6.42 Å². The first-order chi connectivity index (χ1) is 9.31. The number of hydrogen-bond acceptors (Lipinski definition) is 7.